The summed E-state index contributed by atoms with van der Waals surface area (Å²) in [7, 11) is 0. The average Bonchev–Trinajstić information content (AvgIpc) is 1.85. The molecule has 7 heteroatoms. The third-order valence-corrected chi connectivity index (χ3v) is 0.922. The minimum atomic E-state index is -3.03. The van der Waals surface area contributed by atoms with Crippen molar-refractivity contribution in [1.82, 2.24) is 14.8 Å². The molecular weight excluding hydrogens is 160 g/mol. The van der Waals surface area contributed by atoms with Crippen molar-refractivity contribution in [3.63, 3.8) is 0 Å². The van der Waals surface area contributed by atoms with Gasteiger partial charge in [-0.05, 0) is 0 Å². The van der Waals surface area contributed by atoms with Crippen LogP contribution in [0.25, 0.3) is 0 Å². The molecule has 0 fully saturated rings. The van der Waals surface area contributed by atoms with Gasteiger partial charge in [0, 0.05) is 0 Å². The van der Waals surface area contributed by atoms with E-state index >= 15 is 0 Å². The van der Waals surface area contributed by atoms with E-state index in [2.05, 4.69) is 5.10 Å². The number of nitrogens with one attached hydrogen (secondary N) is 1. The summed E-state index contributed by atoms with van der Waals surface area (Å²) < 4.78 is 23.4. The van der Waals surface area contributed by atoms with Crippen molar-refractivity contribution >= 4 is 0 Å². The lowest BCUT2D eigenvalue weighted by Gasteiger charge is -1.97. The second-order valence-electron chi connectivity index (χ2n) is 1.66. The van der Waals surface area contributed by atoms with Gasteiger partial charge in [0.15, 0.2) is 0 Å². The third kappa shape index (κ3) is 1.48. The lowest BCUT2D eigenvalue weighted by molar-refractivity contribution is 0.0490. The molecule has 0 spiro atoms. The van der Waals surface area contributed by atoms with Crippen LogP contribution in [0.5, 0.6) is 0 Å². The highest BCUT2D eigenvalue weighted by Crippen LogP contribution is 2.00. The van der Waals surface area contributed by atoms with Crippen molar-refractivity contribution in [3.8, 4) is 0 Å². The van der Waals surface area contributed by atoms with E-state index in [1.807, 2.05) is 0 Å². The molecule has 1 heterocycles. The first-order valence-electron chi connectivity index (χ1n) is 2.57. The van der Waals surface area contributed by atoms with Gasteiger partial charge in [0.05, 0.1) is 0 Å². The van der Waals surface area contributed by atoms with Gasteiger partial charge in [-0.1, -0.05) is 0 Å². The van der Waals surface area contributed by atoms with Gasteiger partial charge in [0.25, 0.3) is 5.56 Å². The molecule has 0 aliphatic carbocycles. The Morgan fingerprint density at radius 1 is 1.55 bits per heavy atom. The number of rotatable bonds is 1. The Morgan fingerprint density at radius 3 is 2.64 bits per heavy atom. The first kappa shape index (κ1) is 7.58. The first-order valence-corrected chi connectivity index (χ1v) is 2.57. The van der Waals surface area contributed by atoms with E-state index in [-0.39, 0.29) is 4.68 Å². The van der Waals surface area contributed by atoms with Crippen LogP contribution in [0.15, 0.2) is 15.8 Å². The summed E-state index contributed by atoms with van der Waals surface area (Å²) in [4.78, 5) is 22.4. The second-order valence-corrected chi connectivity index (χ2v) is 1.66. The molecule has 0 aromatic carbocycles. The van der Waals surface area contributed by atoms with Crippen molar-refractivity contribution in [1.29, 1.82) is 0 Å². The fourth-order valence-corrected chi connectivity index (χ4v) is 0.501. The van der Waals surface area contributed by atoms with Crippen molar-refractivity contribution in [2.24, 2.45) is 0 Å². The zero-order valence-electron chi connectivity index (χ0n) is 5.12. The highest BCUT2D eigenvalue weighted by Gasteiger charge is 2.07. The van der Waals surface area contributed by atoms with Crippen molar-refractivity contribution < 1.29 is 8.78 Å². The number of hydrogen-bond donors (Lipinski definition) is 1. The minimum absolute atomic E-state index is 0.124. The minimum Gasteiger partial charge on any atom is -0.271 e. The van der Waals surface area contributed by atoms with Gasteiger partial charge in [0.2, 0.25) is 0 Å². The van der Waals surface area contributed by atoms with Gasteiger partial charge in [-0.25, -0.2) is 4.79 Å². The molecular formula is C4H3F2N3O2. The summed E-state index contributed by atoms with van der Waals surface area (Å²) in [6, 6.07) is 0. The van der Waals surface area contributed by atoms with Gasteiger partial charge >= 0.3 is 12.2 Å². The maximum atomic E-state index is 11.7. The largest absolute Gasteiger partial charge is 0.349 e. The molecule has 1 rings (SSSR count). The molecule has 0 atom stereocenters. The highest BCUT2D eigenvalue weighted by atomic mass is 19.3. The third-order valence-electron chi connectivity index (χ3n) is 0.922. The van der Waals surface area contributed by atoms with Crippen LogP contribution < -0.4 is 11.2 Å². The van der Waals surface area contributed by atoms with Gasteiger partial charge in [-0.2, -0.15) is 18.6 Å². The van der Waals surface area contributed by atoms with Crippen LogP contribution in [-0.4, -0.2) is 14.8 Å². The standard InChI is InChI=1S/C4H3F2N3O2/c5-3(6)9-4(11)8-2(10)1-7-9/h1,3H,(H,8,10,11). The number of halogens is 2. The number of alkyl halides is 2. The summed E-state index contributed by atoms with van der Waals surface area (Å²) in [5.74, 6) is 0. The maximum absolute atomic E-state index is 11.7. The van der Waals surface area contributed by atoms with Crippen LogP contribution in [0.1, 0.15) is 6.55 Å². The predicted octanol–water partition coefficient (Wildman–Crippen LogP) is -0.673. The number of aromatic amines is 1. The molecule has 0 bridgehead atoms. The Balaban J connectivity index is 3.32. The number of H-pyrrole nitrogens is 1. The quantitative estimate of drug-likeness (QED) is 0.596. The van der Waals surface area contributed by atoms with Gasteiger partial charge < -0.3 is 0 Å². The smallest absolute Gasteiger partial charge is 0.271 e. The molecule has 0 saturated carbocycles. The van der Waals surface area contributed by atoms with E-state index in [0.717, 1.165) is 0 Å². The molecule has 0 aliphatic rings. The van der Waals surface area contributed by atoms with Crippen molar-refractivity contribution in [2.45, 2.75) is 6.55 Å². The molecule has 11 heavy (non-hydrogen) atoms. The van der Waals surface area contributed by atoms with Crippen LogP contribution in [0, 0.1) is 0 Å². The topological polar surface area (TPSA) is 67.8 Å². The SMILES string of the molecule is O=c1cnn(C(F)F)c(=O)[nH]1. The Morgan fingerprint density at radius 2 is 2.18 bits per heavy atom. The van der Waals surface area contributed by atoms with E-state index in [4.69, 9.17) is 0 Å². The molecule has 0 unspecified atom stereocenters. The van der Waals surface area contributed by atoms with Crippen molar-refractivity contribution in [2.75, 3.05) is 0 Å². The molecule has 1 N–H and O–H groups in total. The summed E-state index contributed by atoms with van der Waals surface area (Å²) in [6.45, 7) is -3.03. The Labute approximate surface area is 58.3 Å². The molecule has 1 aromatic rings. The zero-order chi connectivity index (χ0) is 8.43. The first-order chi connectivity index (χ1) is 5.11. The number of aromatic nitrogens is 3. The fraction of sp³-hybridized carbons (Fsp3) is 0.250. The molecule has 0 radical (unpaired) electrons. The predicted molar refractivity (Wildman–Crippen MR) is 30.4 cm³/mol. The maximum Gasteiger partial charge on any atom is 0.349 e. The van der Waals surface area contributed by atoms with E-state index < -0.39 is 17.8 Å². The van der Waals surface area contributed by atoms with Crippen LogP contribution in [0.4, 0.5) is 8.78 Å². The average molecular weight is 163 g/mol. The molecule has 0 aliphatic heterocycles. The van der Waals surface area contributed by atoms with Gasteiger partial charge in [-0.3, -0.25) is 9.78 Å². The van der Waals surface area contributed by atoms with Crippen LogP contribution >= 0.6 is 0 Å². The van der Waals surface area contributed by atoms with E-state index in [9.17, 15) is 18.4 Å². The Kier molecular flexibility index (Phi) is 1.79. The van der Waals surface area contributed by atoms with E-state index in [1.165, 1.54) is 0 Å². The summed E-state index contributed by atoms with van der Waals surface area (Å²) in [5, 5.41) is 2.89. The fourth-order valence-electron chi connectivity index (χ4n) is 0.501. The summed E-state index contributed by atoms with van der Waals surface area (Å²) in [5.41, 5.74) is -2.01. The zero-order valence-corrected chi connectivity index (χ0v) is 5.12. The number of nitrogens with zero attached hydrogens (tertiary/aromatic N) is 2. The second kappa shape index (κ2) is 2.60. The molecule has 0 saturated heterocycles. The van der Waals surface area contributed by atoms with E-state index in [1.54, 1.807) is 4.98 Å². The monoisotopic (exact) mass is 163 g/mol. The summed E-state index contributed by atoms with van der Waals surface area (Å²) >= 11 is 0. The van der Waals surface area contributed by atoms with E-state index in [0.29, 0.717) is 6.20 Å². The van der Waals surface area contributed by atoms with Crippen LogP contribution in [-0.2, 0) is 0 Å². The molecule has 5 nitrogen and oxygen atoms in total. The number of hydrogen-bond acceptors (Lipinski definition) is 3. The highest BCUT2D eigenvalue weighted by molar-refractivity contribution is 4.68. The normalized spacial score (nSPS) is 10.5. The molecule has 60 valence electrons. The Bertz CT molecular complexity index is 355. The van der Waals surface area contributed by atoms with Crippen LogP contribution in [0.3, 0.4) is 0 Å². The van der Waals surface area contributed by atoms with Gasteiger partial charge in [0.1, 0.15) is 6.20 Å². The van der Waals surface area contributed by atoms with Crippen LogP contribution in [0.2, 0.25) is 0 Å². The van der Waals surface area contributed by atoms with Gasteiger partial charge in [-0.15, -0.1) is 0 Å². The lowest BCUT2D eigenvalue weighted by atomic mass is 10.8. The Hall–Kier alpha value is -1.53. The van der Waals surface area contributed by atoms with Crippen molar-refractivity contribution in [3.05, 3.63) is 27.0 Å². The molecule has 1 aromatic heterocycles. The lowest BCUT2D eigenvalue weighted by Crippen LogP contribution is -2.31. The summed E-state index contributed by atoms with van der Waals surface area (Å²) in [6.07, 6.45) is 0.605. The molecule has 0 amide bonds.